The summed E-state index contributed by atoms with van der Waals surface area (Å²) in [6, 6.07) is 9.30. The van der Waals surface area contributed by atoms with Gasteiger partial charge in [-0.25, -0.2) is 4.39 Å². The number of nitrogens with zero attached hydrogens (tertiary/aromatic N) is 1. The normalized spacial score (nSPS) is 20.6. The number of aromatic nitrogens is 1. The first-order valence-corrected chi connectivity index (χ1v) is 12.1. The summed E-state index contributed by atoms with van der Waals surface area (Å²) in [5, 5.41) is 0. The Kier molecular flexibility index (Phi) is 6.99. The minimum atomic E-state index is -0.179. The minimum Gasteiger partial charge on any atom is -0.264 e. The third-order valence-electron chi connectivity index (χ3n) is 7.65. The van der Waals surface area contributed by atoms with Gasteiger partial charge in [-0.05, 0) is 82.6 Å². The van der Waals surface area contributed by atoms with Crippen LogP contribution in [-0.4, -0.2) is 4.98 Å². The molecule has 0 radical (unpaired) electrons. The zero-order valence-corrected chi connectivity index (χ0v) is 20.8. The molecule has 1 aliphatic rings. The summed E-state index contributed by atoms with van der Waals surface area (Å²) >= 11 is 0. The van der Waals surface area contributed by atoms with E-state index in [0.29, 0.717) is 5.41 Å². The SMILES string of the molecule is CC(C)(Cc1cncc(C(C)(C)CC2CCCC(C(C)(C)C)C2)c1)c1ccc(F)cc1. The molecule has 1 nitrogen and oxygen atoms in total. The average Bonchev–Trinajstić information content (AvgIpc) is 2.67. The fourth-order valence-electron chi connectivity index (χ4n) is 5.57. The number of hydrogen-bond acceptors (Lipinski definition) is 1. The average molecular weight is 424 g/mol. The Balaban J connectivity index is 1.73. The molecule has 0 spiro atoms. The van der Waals surface area contributed by atoms with Crippen LogP contribution in [0.1, 0.15) is 97.3 Å². The van der Waals surface area contributed by atoms with Crippen LogP contribution >= 0.6 is 0 Å². The van der Waals surface area contributed by atoms with E-state index in [2.05, 4.69) is 65.7 Å². The van der Waals surface area contributed by atoms with Gasteiger partial charge in [-0.15, -0.1) is 0 Å². The van der Waals surface area contributed by atoms with E-state index in [9.17, 15) is 4.39 Å². The van der Waals surface area contributed by atoms with Crippen LogP contribution in [-0.2, 0) is 17.3 Å². The van der Waals surface area contributed by atoms with E-state index in [0.717, 1.165) is 23.8 Å². The molecule has 1 heterocycles. The summed E-state index contributed by atoms with van der Waals surface area (Å²) in [6.45, 7) is 16.4. The fourth-order valence-corrected chi connectivity index (χ4v) is 5.57. The first-order chi connectivity index (χ1) is 14.4. The lowest BCUT2D eigenvalue weighted by Gasteiger charge is -2.40. The lowest BCUT2D eigenvalue weighted by atomic mass is 9.65. The minimum absolute atomic E-state index is 0.0680. The predicted octanol–water partition coefficient (Wildman–Crippen LogP) is 8.26. The first kappa shape index (κ1) is 24.0. The lowest BCUT2D eigenvalue weighted by Crippen LogP contribution is -2.30. The maximum Gasteiger partial charge on any atom is 0.123 e. The first-order valence-electron chi connectivity index (χ1n) is 12.1. The zero-order chi connectivity index (χ0) is 22.9. The zero-order valence-electron chi connectivity index (χ0n) is 20.8. The third kappa shape index (κ3) is 6.18. The van der Waals surface area contributed by atoms with Crippen molar-refractivity contribution in [1.29, 1.82) is 0 Å². The van der Waals surface area contributed by atoms with Gasteiger partial charge in [0.05, 0.1) is 0 Å². The number of halogens is 1. The van der Waals surface area contributed by atoms with Crippen LogP contribution in [0, 0.1) is 23.1 Å². The van der Waals surface area contributed by atoms with Crippen LogP contribution < -0.4 is 0 Å². The van der Waals surface area contributed by atoms with Crippen molar-refractivity contribution in [3.05, 3.63) is 65.2 Å². The number of pyridine rings is 1. The van der Waals surface area contributed by atoms with Gasteiger partial charge in [0.15, 0.2) is 0 Å². The summed E-state index contributed by atoms with van der Waals surface area (Å²) in [5.74, 6) is 1.46. The summed E-state index contributed by atoms with van der Waals surface area (Å²) in [7, 11) is 0. The van der Waals surface area contributed by atoms with Crippen LogP contribution in [0.2, 0.25) is 0 Å². The molecule has 1 aromatic carbocycles. The van der Waals surface area contributed by atoms with E-state index < -0.39 is 0 Å². The van der Waals surface area contributed by atoms with Crippen LogP contribution in [0.3, 0.4) is 0 Å². The van der Waals surface area contributed by atoms with E-state index in [-0.39, 0.29) is 16.6 Å². The van der Waals surface area contributed by atoms with Gasteiger partial charge in [-0.1, -0.05) is 79.5 Å². The predicted molar refractivity (Wildman–Crippen MR) is 130 cm³/mol. The van der Waals surface area contributed by atoms with E-state index in [4.69, 9.17) is 0 Å². The molecule has 1 fully saturated rings. The van der Waals surface area contributed by atoms with Gasteiger partial charge in [0.2, 0.25) is 0 Å². The Hall–Kier alpha value is -1.70. The topological polar surface area (TPSA) is 12.9 Å². The Morgan fingerprint density at radius 2 is 1.55 bits per heavy atom. The van der Waals surface area contributed by atoms with Crippen LogP contribution in [0.15, 0.2) is 42.7 Å². The van der Waals surface area contributed by atoms with Crippen molar-refractivity contribution in [2.75, 3.05) is 0 Å². The van der Waals surface area contributed by atoms with Crippen LogP contribution in [0.5, 0.6) is 0 Å². The van der Waals surface area contributed by atoms with E-state index in [1.54, 1.807) is 12.1 Å². The Bertz CT molecular complexity index is 857. The molecule has 1 aliphatic carbocycles. The van der Waals surface area contributed by atoms with Crippen molar-refractivity contribution in [2.45, 2.75) is 97.8 Å². The van der Waals surface area contributed by atoms with Crippen molar-refractivity contribution >= 4 is 0 Å². The molecule has 31 heavy (non-hydrogen) atoms. The highest BCUT2D eigenvalue weighted by Gasteiger charge is 2.34. The van der Waals surface area contributed by atoms with Crippen molar-refractivity contribution in [1.82, 2.24) is 4.98 Å². The Labute approximate surface area is 189 Å². The number of benzene rings is 1. The van der Waals surface area contributed by atoms with Gasteiger partial charge < -0.3 is 0 Å². The standard InChI is InChI=1S/C29H42FN/c1-27(2,3)24-10-8-9-21(15-24)17-29(6,7)25-16-22(19-31-20-25)18-28(4,5)23-11-13-26(30)14-12-23/h11-14,16,19-21,24H,8-10,15,17-18H2,1-7H3. The van der Waals surface area contributed by atoms with Crippen molar-refractivity contribution in [3.63, 3.8) is 0 Å². The lowest BCUT2D eigenvalue weighted by molar-refractivity contribution is 0.126. The van der Waals surface area contributed by atoms with E-state index >= 15 is 0 Å². The second-order valence-corrected chi connectivity index (χ2v) is 12.3. The van der Waals surface area contributed by atoms with Gasteiger partial charge in [0.1, 0.15) is 5.82 Å². The molecule has 2 heteroatoms. The van der Waals surface area contributed by atoms with Gasteiger partial charge in [0.25, 0.3) is 0 Å². The number of rotatable bonds is 6. The second kappa shape index (κ2) is 9.04. The van der Waals surface area contributed by atoms with Crippen molar-refractivity contribution in [2.24, 2.45) is 17.3 Å². The quantitative estimate of drug-likeness (QED) is 0.455. The van der Waals surface area contributed by atoms with Crippen LogP contribution in [0.25, 0.3) is 0 Å². The number of hydrogen-bond donors (Lipinski definition) is 0. The highest BCUT2D eigenvalue weighted by Crippen LogP contribution is 2.44. The molecular weight excluding hydrogens is 381 g/mol. The molecule has 1 saturated carbocycles. The Morgan fingerprint density at radius 1 is 0.871 bits per heavy atom. The van der Waals surface area contributed by atoms with E-state index in [1.165, 1.54) is 43.2 Å². The molecule has 3 rings (SSSR count). The van der Waals surface area contributed by atoms with Crippen molar-refractivity contribution in [3.8, 4) is 0 Å². The molecule has 0 N–H and O–H groups in total. The molecule has 0 amide bonds. The molecule has 0 saturated heterocycles. The molecular formula is C29H42FN. The highest BCUT2D eigenvalue weighted by molar-refractivity contribution is 5.31. The summed E-state index contributed by atoms with van der Waals surface area (Å²) < 4.78 is 13.4. The summed E-state index contributed by atoms with van der Waals surface area (Å²) in [6.07, 6.45) is 11.7. The monoisotopic (exact) mass is 423 g/mol. The Morgan fingerprint density at radius 3 is 2.19 bits per heavy atom. The van der Waals surface area contributed by atoms with Gasteiger partial charge >= 0.3 is 0 Å². The largest absolute Gasteiger partial charge is 0.264 e. The highest BCUT2D eigenvalue weighted by atomic mass is 19.1. The van der Waals surface area contributed by atoms with Gasteiger partial charge in [0, 0.05) is 12.4 Å². The van der Waals surface area contributed by atoms with Crippen LogP contribution in [0.4, 0.5) is 4.39 Å². The maximum atomic E-state index is 13.4. The van der Waals surface area contributed by atoms with Crippen molar-refractivity contribution < 1.29 is 4.39 Å². The fraction of sp³-hybridized carbons (Fsp3) is 0.621. The molecule has 2 aromatic rings. The molecule has 2 unspecified atom stereocenters. The molecule has 0 bridgehead atoms. The van der Waals surface area contributed by atoms with Gasteiger partial charge in [-0.2, -0.15) is 0 Å². The smallest absolute Gasteiger partial charge is 0.123 e. The van der Waals surface area contributed by atoms with E-state index in [1.807, 2.05) is 18.3 Å². The molecule has 170 valence electrons. The molecule has 1 aromatic heterocycles. The van der Waals surface area contributed by atoms with Gasteiger partial charge in [-0.3, -0.25) is 4.98 Å². The maximum absolute atomic E-state index is 13.4. The summed E-state index contributed by atoms with van der Waals surface area (Å²) in [5.41, 5.74) is 4.23. The molecule has 0 aliphatic heterocycles. The molecule has 2 atom stereocenters. The summed E-state index contributed by atoms with van der Waals surface area (Å²) in [4.78, 5) is 4.63. The second-order valence-electron chi connectivity index (χ2n) is 12.3. The third-order valence-corrected chi connectivity index (χ3v) is 7.65.